The molecule has 3 N–H and O–H groups in total. The van der Waals surface area contributed by atoms with Gasteiger partial charge in [0, 0.05) is 28.3 Å². The summed E-state index contributed by atoms with van der Waals surface area (Å²) in [5.41, 5.74) is 9.66. The van der Waals surface area contributed by atoms with Crippen molar-refractivity contribution in [2.75, 3.05) is 5.32 Å². The van der Waals surface area contributed by atoms with Gasteiger partial charge in [-0.05, 0) is 43.5 Å². The Morgan fingerprint density at radius 1 is 1.12 bits per heavy atom. The maximum atomic E-state index is 12.7. The summed E-state index contributed by atoms with van der Waals surface area (Å²) in [6, 6.07) is 9.73. The second-order valence-electron chi connectivity index (χ2n) is 7.47. The molecular weight excluding hydrogens is 474 g/mol. The van der Waals surface area contributed by atoms with Crippen molar-refractivity contribution >= 4 is 39.2 Å². The maximum absolute atomic E-state index is 12.7. The number of amides is 2. The Kier molecular flexibility index (Phi) is 6.04. The van der Waals surface area contributed by atoms with Gasteiger partial charge in [-0.2, -0.15) is 10.2 Å². The summed E-state index contributed by atoms with van der Waals surface area (Å²) < 4.78 is 4.35. The maximum Gasteiger partial charge on any atom is 0.254 e. The zero-order valence-electron chi connectivity index (χ0n) is 17.7. The van der Waals surface area contributed by atoms with Gasteiger partial charge in [0.1, 0.15) is 11.4 Å². The lowest BCUT2D eigenvalue weighted by Crippen LogP contribution is -2.17. The normalized spacial score (nSPS) is 11.1. The van der Waals surface area contributed by atoms with Gasteiger partial charge in [0.2, 0.25) is 5.91 Å². The molecule has 4 rings (SSSR count). The molecule has 0 spiro atoms. The molecule has 0 aliphatic heterocycles. The van der Waals surface area contributed by atoms with Gasteiger partial charge in [0.05, 0.1) is 18.9 Å². The molecule has 0 fully saturated rings. The highest BCUT2D eigenvalue weighted by molar-refractivity contribution is 9.10. The molecule has 2 amide bonds. The summed E-state index contributed by atoms with van der Waals surface area (Å²) in [7, 11) is 0. The fourth-order valence-electron chi connectivity index (χ4n) is 3.62. The summed E-state index contributed by atoms with van der Waals surface area (Å²) in [6.45, 7) is 4.29. The number of carbonyl (C=O) groups is 2. The molecule has 0 saturated heterocycles. The fourth-order valence-corrected chi connectivity index (χ4v) is 3.88. The molecule has 0 radical (unpaired) electrons. The molecule has 0 atom stereocenters. The van der Waals surface area contributed by atoms with Crippen LogP contribution in [0.1, 0.15) is 39.3 Å². The van der Waals surface area contributed by atoms with Crippen LogP contribution >= 0.6 is 15.9 Å². The van der Waals surface area contributed by atoms with E-state index in [9.17, 15) is 9.59 Å². The predicted molar refractivity (Wildman–Crippen MR) is 123 cm³/mol. The first kappa shape index (κ1) is 21.7. The fraction of sp³-hybridized carbons (Fsp3) is 0.227. The van der Waals surface area contributed by atoms with E-state index in [1.165, 1.54) is 6.20 Å². The molecule has 0 bridgehead atoms. The standard InChI is InChI=1S/C22H22BrN7O2/c1-13-17(14(2)30-22(27-13)18(11-26-30)21(24)32)7-8-20(31)28-19-9-10-25-29(19)12-15-3-5-16(23)6-4-15/h3-6,9-11H,7-8,12H2,1-2H3,(H2,24,32)(H,28,31). The zero-order chi connectivity index (χ0) is 22.8. The monoisotopic (exact) mass is 495 g/mol. The number of nitrogens with two attached hydrogens (primary N) is 1. The van der Waals surface area contributed by atoms with Crippen molar-refractivity contribution in [1.82, 2.24) is 24.4 Å². The summed E-state index contributed by atoms with van der Waals surface area (Å²) in [4.78, 5) is 28.7. The molecule has 32 heavy (non-hydrogen) atoms. The highest BCUT2D eigenvalue weighted by Crippen LogP contribution is 2.19. The third-order valence-electron chi connectivity index (χ3n) is 5.31. The third-order valence-corrected chi connectivity index (χ3v) is 5.83. The van der Waals surface area contributed by atoms with Crippen LogP contribution in [-0.4, -0.2) is 36.2 Å². The van der Waals surface area contributed by atoms with Gasteiger partial charge in [-0.15, -0.1) is 0 Å². The van der Waals surface area contributed by atoms with Gasteiger partial charge in [0.25, 0.3) is 5.91 Å². The minimum absolute atomic E-state index is 0.125. The van der Waals surface area contributed by atoms with Gasteiger partial charge in [-0.25, -0.2) is 14.2 Å². The largest absolute Gasteiger partial charge is 0.365 e. The molecule has 0 saturated carbocycles. The summed E-state index contributed by atoms with van der Waals surface area (Å²) in [5.74, 6) is -0.0592. The minimum atomic E-state index is -0.571. The van der Waals surface area contributed by atoms with Gasteiger partial charge in [-0.3, -0.25) is 9.59 Å². The van der Waals surface area contributed by atoms with E-state index in [0.29, 0.717) is 24.4 Å². The van der Waals surface area contributed by atoms with Crippen molar-refractivity contribution in [3.8, 4) is 0 Å². The zero-order valence-corrected chi connectivity index (χ0v) is 19.3. The number of aromatic nitrogens is 5. The van der Waals surface area contributed by atoms with Crippen molar-refractivity contribution < 1.29 is 9.59 Å². The predicted octanol–water partition coefficient (Wildman–Crippen LogP) is 3.02. The van der Waals surface area contributed by atoms with Crippen LogP contribution in [0.25, 0.3) is 5.65 Å². The quantitative estimate of drug-likeness (QED) is 0.408. The lowest BCUT2D eigenvalue weighted by atomic mass is 10.1. The third kappa shape index (κ3) is 4.40. The van der Waals surface area contributed by atoms with Crippen molar-refractivity contribution in [3.05, 3.63) is 75.3 Å². The SMILES string of the molecule is Cc1nc2c(C(N)=O)cnn2c(C)c1CCC(=O)Nc1ccnn1Cc1ccc(Br)cc1. The van der Waals surface area contributed by atoms with Crippen LogP contribution in [0, 0.1) is 13.8 Å². The lowest BCUT2D eigenvalue weighted by Gasteiger charge is -2.12. The number of hydrogen-bond acceptors (Lipinski definition) is 5. The second kappa shape index (κ2) is 8.91. The number of nitrogens with one attached hydrogen (secondary N) is 1. The van der Waals surface area contributed by atoms with Gasteiger partial charge in [0.15, 0.2) is 5.65 Å². The Hall–Kier alpha value is -3.53. The Bertz CT molecular complexity index is 1310. The van der Waals surface area contributed by atoms with E-state index in [4.69, 9.17) is 5.73 Å². The number of anilines is 1. The lowest BCUT2D eigenvalue weighted by molar-refractivity contribution is -0.116. The number of benzene rings is 1. The Morgan fingerprint density at radius 2 is 1.88 bits per heavy atom. The van der Waals surface area contributed by atoms with E-state index in [0.717, 1.165) is 27.0 Å². The topological polar surface area (TPSA) is 120 Å². The van der Waals surface area contributed by atoms with Crippen LogP contribution in [0.5, 0.6) is 0 Å². The average molecular weight is 496 g/mol. The number of fused-ring (bicyclic) bond motifs is 1. The molecular formula is C22H22BrN7O2. The summed E-state index contributed by atoms with van der Waals surface area (Å²) >= 11 is 3.43. The second-order valence-corrected chi connectivity index (χ2v) is 8.38. The smallest absolute Gasteiger partial charge is 0.254 e. The average Bonchev–Trinajstić information content (AvgIpc) is 3.36. The van der Waals surface area contributed by atoms with E-state index in [1.807, 2.05) is 38.1 Å². The van der Waals surface area contributed by atoms with Crippen LogP contribution < -0.4 is 11.1 Å². The van der Waals surface area contributed by atoms with E-state index in [-0.39, 0.29) is 17.9 Å². The van der Waals surface area contributed by atoms with Crippen LogP contribution in [0.4, 0.5) is 5.82 Å². The Labute approximate surface area is 192 Å². The van der Waals surface area contributed by atoms with E-state index in [2.05, 4.69) is 36.4 Å². The number of hydrogen-bond donors (Lipinski definition) is 2. The first-order valence-corrected chi connectivity index (χ1v) is 10.8. The first-order chi connectivity index (χ1) is 15.3. The molecule has 164 valence electrons. The van der Waals surface area contributed by atoms with Crippen LogP contribution in [0.3, 0.4) is 0 Å². The van der Waals surface area contributed by atoms with E-state index < -0.39 is 5.91 Å². The van der Waals surface area contributed by atoms with Gasteiger partial charge < -0.3 is 11.1 Å². The van der Waals surface area contributed by atoms with Crippen LogP contribution in [0.2, 0.25) is 0 Å². The van der Waals surface area contributed by atoms with Crippen LogP contribution in [-0.2, 0) is 17.8 Å². The summed E-state index contributed by atoms with van der Waals surface area (Å²) in [6.07, 6.45) is 3.83. The molecule has 3 heterocycles. The number of rotatable bonds is 7. The van der Waals surface area contributed by atoms with Crippen molar-refractivity contribution in [2.45, 2.75) is 33.2 Å². The molecule has 9 nitrogen and oxygen atoms in total. The molecule has 4 aromatic rings. The van der Waals surface area contributed by atoms with E-state index in [1.54, 1.807) is 21.5 Å². The van der Waals surface area contributed by atoms with Crippen molar-refractivity contribution in [1.29, 1.82) is 0 Å². The van der Waals surface area contributed by atoms with E-state index >= 15 is 0 Å². The van der Waals surface area contributed by atoms with Gasteiger partial charge in [-0.1, -0.05) is 28.1 Å². The number of halogens is 1. The number of carbonyl (C=O) groups excluding carboxylic acids is 2. The number of aryl methyl sites for hydroxylation is 2. The summed E-state index contributed by atoms with van der Waals surface area (Å²) in [5, 5.41) is 11.5. The molecule has 1 aromatic carbocycles. The van der Waals surface area contributed by atoms with Gasteiger partial charge >= 0.3 is 0 Å². The van der Waals surface area contributed by atoms with Crippen molar-refractivity contribution in [2.24, 2.45) is 5.73 Å². The molecule has 0 aliphatic carbocycles. The number of primary amides is 1. The highest BCUT2D eigenvalue weighted by atomic mass is 79.9. The Morgan fingerprint density at radius 3 is 2.59 bits per heavy atom. The Balaban J connectivity index is 1.45. The molecule has 0 aliphatic rings. The minimum Gasteiger partial charge on any atom is -0.365 e. The highest BCUT2D eigenvalue weighted by Gasteiger charge is 2.17. The molecule has 3 aromatic heterocycles. The molecule has 0 unspecified atom stereocenters. The van der Waals surface area contributed by atoms with Crippen molar-refractivity contribution in [3.63, 3.8) is 0 Å². The first-order valence-electron chi connectivity index (χ1n) is 10.0. The van der Waals surface area contributed by atoms with Crippen LogP contribution in [0.15, 0.2) is 47.2 Å². The molecule has 10 heteroatoms. The number of nitrogens with zero attached hydrogens (tertiary/aromatic N) is 5.